The molecule has 33 heavy (non-hydrogen) atoms. The van der Waals surface area contributed by atoms with Gasteiger partial charge in [0.15, 0.2) is 5.76 Å². The summed E-state index contributed by atoms with van der Waals surface area (Å²) in [6.45, 7) is 13.0. The van der Waals surface area contributed by atoms with Crippen LogP contribution in [0.2, 0.25) is 0 Å². The van der Waals surface area contributed by atoms with Crippen LogP contribution in [-0.2, 0) is 28.6 Å². The van der Waals surface area contributed by atoms with Crippen molar-refractivity contribution < 1.29 is 33.7 Å². The lowest BCUT2D eigenvalue weighted by Crippen LogP contribution is -2.60. The molecule has 5 atom stereocenters. The molecule has 0 aromatic carbocycles. The number of ether oxygens (including phenoxy) is 3. The van der Waals surface area contributed by atoms with Crippen LogP contribution < -0.4 is 0 Å². The van der Waals surface area contributed by atoms with E-state index in [2.05, 4.69) is 27.7 Å². The standard InChI is InChI=1S/C26H34O7/c1-14-17(19(31-15(2)27)12-18(29)22(14)30)13-26-24(6)10-9-21(32-16(3)28)23(4,5)20(24)8-11-25(26,7)33-26/h12-13,20-21,30H,8-11H2,1-7H3/b17-13-/t20-,21-,24-,25+,26-/m0/s1. The molecule has 7 heteroatoms. The number of aliphatic hydroxyl groups excluding tert-OH is 1. The van der Waals surface area contributed by atoms with Gasteiger partial charge in [-0.15, -0.1) is 0 Å². The number of ketones is 1. The normalized spacial score (nSPS) is 40.5. The van der Waals surface area contributed by atoms with Crippen LogP contribution in [0, 0.1) is 16.7 Å². The predicted molar refractivity (Wildman–Crippen MR) is 120 cm³/mol. The quantitative estimate of drug-likeness (QED) is 0.492. The molecule has 0 amide bonds. The number of allylic oxidation sites excluding steroid dienone is 2. The Bertz CT molecular complexity index is 1030. The fourth-order valence-corrected chi connectivity index (χ4v) is 7.01. The van der Waals surface area contributed by atoms with Gasteiger partial charge in [-0.2, -0.15) is 0 Å². The van der Waals surface area contributed by atoms with Crippen molar-refractivity contribution in [1.82, 2.24) is 0 Å². The van der Waals surface area contributed by atoms with Gasteiger partial charge in [-0.3, -0.25) is 14.4 Å². The summed E-state index contributed by atoms with van der Waals surface area (Å²) in [5.74, 6) is -1.41. The second-order valence-electron chi connectivity index (χ2n) is 11.0. The van der Waals surface area contributed by atoms with Crippen molar-refractivity contribution in [1.29, 1.82) is 0 Å². The van der Waals surface area contributed by atoms with Crippen LogP contribution in [0.15, 0.2) is 34.8 Å². The van der Waals surface area contributed by atoms with Gasteiger partial charge in [-0.25, -0.2) is 0 Å². The molecule has 1 aliphatic heterocycles. The first-order valence-corrected chi connectivity index (χ1v) is 11.6. The first-order chi connectivity index (χ1) is 15.2. The Morgan fingerprint density at radius 2 is 1.79 bits per heavy atom. The largest absolute Gasteiger partial charge is 0.504 e. The molecule has 0 unspecified atom stereocenters. The number of hydrogen-bond acceptors (Lipinski definition) is 7. The number of epoxide rings is 1. The van der Waals surface area contributed by atoms with Gasteiger partial charge >= 0.3 is 11.9 Å². The van der Waals surface area contributed by atoms with Gasteiger partial charge in [0.1, 0.15) is 17.5 Å². The van der Waals surface area contributed by atoms with Gasteiger partial charge in [-0.1, -0.05) is 20.8 Å². The maximum Gasteiger partial charge on any atom is 0.308 e. The van der Waals surface area contributed by atoms with Crippen LogP contribution in [0.3, 0.4) is 0 Å². The molecule has 180 valence electrons. The third-order valence-corrected chi connectivity index (χ3v) is 8.74. The highest BCUT2D eigenvalue weighted by Gasteiger charge is 2.79. The average Bonchev–Trinajstić information content (AvgIpc) is 3.32. The summed E-state index contributed by atoms with van der Waals surface area (Å²) in [7, 11) is 0. The van der Waals surface area contributed by atoms with Gasteiger partial charge in [0.2, 0.25) is 5.78 Å². The van der Waals surface area contributed by atoms with Crippen molar-refractivity contribution in [3.8, 4) is 0 Å². The van der Waals surface area contributed by atoms with E-state index in [1.807, 2.05) is 6.08 Å². The number of carbonyl (C=O) groups is 3. The van der Waals surface area contributed by atoms with E-state index in [4.69, 9.17) is 14.2 Å². The highest BCUT2D eigenvalue weighted by molar-refractivity contribution is 6.06. The first kappa shape index (κ1) is 23.7. The Balaban J connectivity index is 1.81. The lowest BCUT2D eigenvalue weighted by atomic mass is 9.45. The van der Waals surface area contributed by atoms with E-state index in [1.54, 1.807) is 6.92 Å². The third kappa shape index (κ3) is 3.30. The van der Waals surface area contributed by atoms with E-state index in [9.17, 15) is 19.5 Å². The molecular weight excluding hydrogens is 424 g/mol. The summed E-state index contributed by atoms with van der Waals surface area (Å²) in [5, 5.41) is 10.4. The molecule has 4 rings (SSSR count). The van der Waals surface area contributed by atoms with E-state index in [-0.39, 0.29) is 40.3 Å². The summed E-state index contributed by atoms with van der Waals surface area (Å²) in [4.78, 5) is 35.7. The Kier molecular flexibility index (Phi) is 5.25. The number of aliphatic hydroxyl groups is 1. The SMILES string of the molecule is CC(=O)OC1=CC(=O)C(O)=C(C)/C1=C/[C@@]12O[C@]1(C)CC[C@H]1C(C)(C)[C@@H](OC(C)=O)CC[C@@]12C. The van der Waals surface area contributed by atoms with E-state index in [1.165, 1.54) is 13.8 Å². The topological polar surface area (TPSA) is 102 Å². The van der Waals surface area contributed by atoms with Gasteiger partial charge in [-0.05, 0) is 51.5 Å². The molecule has 1 saturated heterocycles. The van der Waals surface area contributed by atoms with Crippen LogP contribution in [0.1, 0.15) is 74.1 Å². The molecule has 4 aliphatic rings. The Labute approximate surface area is 194 Å². The maximum absolute atomic E-state index is 12.2. The molecule has 0 bridgehead atoms. The van der Waals surface area contributed by atoms with Crippen molar-refractivity contribution >= 4 is 17.7 Å². The van der Waals surface area contributed by atoms with E-state index >= 15 is 0 Å². The average molecular weight is 459 g/mol. The Morgan fingerprint density at radius 3 is 2.39 bits per heavy atom. The smallest absolute Gasteiger partial charge is 0.308 e. The molecular formula is C26H34O7. The monoisotopic (exact) mass is 458 g/mol. The molecule has 0 spiro atoms. The minimum atomic E-state index is -0.669. The lowest BCUT2D eigenvalue weighted by molar-refractivity contribution is -0.174. The first-order valence-electron chi connectivity index (χ1n) is 11.6. The van der Waals surface area contributed by atoms with Crippen molar-refractivity contribution in [3.63, 3.8) is 0 Å². The van der Waals surface area contributed by atoms with Gasteiger partial charge in [0, 0.05) is 41.9 Å². The molecule has 0 radical (unpaired) electrons. The van der Waals surface area contributed by atoms with Gasteiger partial charge < -0.3 is 19.3 Å². The fraction of sp³-hybridized carbons (Fsp3) is 0.654. The minimum absolute atomic E-state index is 0.133. The predicted octanol–water partition coefficient (Wildman–Crippen LogP) is 4.47. The second kappa shape index (κ2) is 7.29. The molecule has 1 heterocycles. The minimum Gasteiger partial charge on any atom is -0.504 e. The zero-order valence-corrected chi connectivity index (χ0v) is 20.5. The van der Waals surface area contributed by atoms with Crippen molar-refractivity contribution in [2.45, 2.75) is 91.5 Å². The van der Waals surface area contributed by atoms with E-state index in [0.717, 1.165) is 31.8 Å². The Morgan fingerprint density at radius 1 is 1.12 bits per heavy atom. The third-order valence-electron chi connectivity index (χ3n) is 8.74. The van der Waals surface area contributed by atoms with Crippen LogP contribution in [0.25, 0.3) is 0 Å². The zero-order valence-electron chi connectivity index (χ0n) is 20.5. The van der Waals surface area contributed by atoms with E-state index < -0.39 is 23.0 Å². The summed E-state index contributed by atoms with van der Waals surface area (Å²) in [6, 6.07) is 0. The highest BCUT2D eigenvalue weighted by Crippen LogP contribution is 2.74. The summed E-state index contributed by atoms with van der Waals surface area (Å²) >= 11 is 0. The summed E-state index contributed by atoms with van der Waals surface area (Å²) < 4.78 is 17.7. The highest BCUT2D eigenvalue weighted by atomic mass is 16.6. The van der Waals surface area contributed by atoms with Crippen LogP contribution in [0.5, 0.6) is 0 Å². The summed E-state index contributed by atoms with van der Waals surface area (Å²) in [6.07, 6.45) is 6.23. The Hall–Kier alpha value is -2.41. The molecule has 0 aromatic rings. The van der Waals surface area contributed by atoms with Crippen molar-refractivity contribution in [2.24, 2.45) is 16.7 Å². The van der Waals surface area contributed by atoms with Crippen molar-refractivity contribution in [2.75, 3.05) is 0 Å². The number of fused-ring (bicyclic) bond motifs is 3. The van der Waals surface area contributed by atoms with Crippen LogP contribution in [0.4, 0.5) is 0 Å². The van der Waals surface area contributed by atoms with E-state index in [0.29, 0.717) is 11.1 Å². The van der Waals surface area contributed by atoms with Crippen molar-refractivity contribution in [3.05, 3.63) is 34.8 Å². The van der Waals surface area contributed by atoms with Crippen LogP contribution in [-0.4, -0.2) is 40.1 Å². The molecule has 0 aromatic heterocycles. The number of hydrogen-bond donors (Lipinski definition) is 1. The van der Waals surface area contributed by atoms with Crippen LogP contribution >= 0.6 is 0 Å². The summed E-state index contributed by atoms with van der Waals surface area (Å²) in [5.41, 5.74) is -0.753. The number of carbonyl (C=O) groups excluding carboxylic acids is 3. The molecule has 3 aliphatic carbocycles. The zero-order chi connectivity index (χ0) is 24.6. The molecule has 7 nitrogen and oxygen atoms in total. The van der Waals surface area contributed by atoms with Gasteiger partial charge in [0.05, 0.1) is 5.60 Å². The molecule has 2 saturated carbocycles. The second-order valence-corrected chi connectivity index (χ2v) is 11.0. The number of esters is 2. The van der Waals surface area contributed by atoms with Gasteiger partial charge in [0.25, 0.3) is 0 Å². The number of rotatable bonds is 3. The molecule has 1 N–H and O–H groups in total. The maximum atomic E-state index is 12.2. The molecule has 3 fully saturated rings. The fourth-order valence-electron chi connectivity index (χ4n) is 7.01. The lowest BCUT2D eigenvalue weighted by Gasteiger charge is -2.58.